The van der Waals surface area contributed by atoms with Crippen molar-refractivity contribution < 1.29 is 4.79 Å². The topological polar surface area (TPSA) is 41.1 Å². The van der Waals surface area contributed by atoms with E-state index in [1.807, 2.05) is 24.3 Å². The number of hydrogen-bond donors (Lipinski definition) is 2. The molecule has 1 aromatic carbocycles. The normalized spacial score (nSPS) is 25.3. The number of nitrogens with one attached hydrogen (secondary N) is 2. The molecule has 2 saturated heterocycles. The highest BCUT2D eigenvalue weighted by molar-refractivity contribution is 7.08. The Labute approximate surface area is 169 Å². The maximum Gasteiger partial charge on any atom is 0.221 e. The van der Waals surface area contributed by atoms with Crippen LogP contribution in [0.5, 0.6) is 0 Å². The third kappa shape index (κ3) is 4.61. The van der Waals surface area contributed by atoms with Crippen LogP contribution < -0.4 is 10.6 Å². The fraction of sp³-hybridized carbons (Fsp3) is 0.450. The summed E-state index contributed by atoms with van der Waals surface area (Å²) in [6.07, 6.45) is 5.43. The number of piperidine rings is 1. The molecule has 2 fully saturated rings. The molecule has 140 valence electrons. The van der Waals surface area contributed by atoms with Gasteiger partial charge >= 0.3 is 0 Å². The molecular formula is C20H24Cl2N2OS. The van der Waals surface area contributed by atoms with E-state index in [9.17, 15) is 4.79 Å². The molecular weight excluding hydrogens is 387 g/mol. The van der Waals surface area contributed by atoms with Crippen molar-refractivity contribution in [2.24, 2.45) is 5.92 Å². The molecule has 0 spiro atoms. The smallest absolute Gasteiger partial charge is 0.221 e. The molecule has 2 N–H and O–H groups in total. The predicted octanol–water partition coefficient (Wildman–Crippen LogP) is 4.95. The van der Waals surface area contributed by atoms with Crippen molar-refractivity contribution in [2.45, 2.75) is 50.2 Å². The molecule has 3 nitrogen and oxygen atoms in total. The molecule has 0 saturated carbocycles. The molecule has 4 rings (SSSR count). The van der Waals surface area contributed by atoms with Gasteiger partial charge in [-0.1, -0.05) is 23.7 Å². The lowest BCUT2D eigenvalue weighted by Crippen LogP contribution is -2.40. The summed E-state index contributed by atoms with van der Waals surface area (Å²) in [5, 5.41) is 11.8. The zero-order chi connectivity index (χ0) is 17.2. The monoisotopic (exact) mass is 410 g/mol. The Bertz CT molecular complexity index is 708. The van der Waals surface area contributed by atoms with Crippen molar-refractivity contribution in [3.63, 3.8) is 0 Å². The van der Waals surface area contributed by atoms with E-state index in [1.165, 1.54) is 12.8 Å². The van der Waals surface area contributed by atoms with E-state index < -0.39 is 0 Å². The molecule has 3 atom stereocenters. The highest BCUT2D eigenvalue weighted by Gasteiger charge is 2.34. The van der Waals surface area contributed by atoms with Gasteiger partial charge in [0.1, 0.15) is 0 Å². The fourth-order valence-electron chi connectivity index (χ4n) is 4.28. The third-order valence-corrected chi connectivity index (χ3v) is 6.38. The minimum absolute atomic E-state index is 0. The average Bonchev–Trinajstić information content (AvgIpc) is 3.23. The summed E-state index contributed by atoms with van der Waals surface area (Å²) >= 11 is 7.67. The zero-order valence-electron chi connectivity index (χ0n) is 14.5. The van der Waals surface area contributed by atoms with Crippen LogP contribution in [0.3, 0.4) is 0 Å². The van der Waals surface area contributed by atoms with E-state index in [1.54, 1.807) is 11.3 Å². The number of amides is 1. The lowest BCUT2D eigenvalue weighted by Gasteiger charge is -2.29. The number of carbonyl (C=O) groups is 1. The Kier molecular flexibility index (Phi) is 6.62. The maximum absolute atomic E-state index is 12.7. The summed E-state index contributed by atoms with van der Waals surface area (Å²) in [4.78, 5) is 12.7. The second-order valence-corrected chi connectivity index (χ2v) is 8.50. The van der Waals surface area contributed by atoms with Gasteiger partial charge in [-0.3, -0.25) is 4.79 Å². The van der Waals surface area contributed by atoms with E-state index in [-0.39, 0.29) is 24.4 Å². The number of thiophene rings is 1. The SMILES string of the molecule is Cl.O=C(CC1CC2CCC(C1)N2)NC(c1ccc(Cl)cc1)c1ccsc1. The molecule has 0 aliphatic carbocycles. The van der Waals surface area contributed by atoms with Crippen LogP contribution in [0.15, 0.2) is 41.1 Å². The summed E-state index contributed by atoms with van der Waals surface area (Å²) in [6.45, 7) is 0. The molecule has 1 aromatic heterocycles. The molecule has 2 aromatic rings. The summed E-state index contributed by atoms with van der Waals surface area (Å²) in [6, 6.07) is 11.0. The second kappa shape index (κ2) is 8.75. The van der Waals surface area contributed by atoms with Gasteiger partial charge in [-0.05, 0) is 71.7 Å². The van der Waals surface area contributed by atoms with Crippen LogP contribution in [0, 0.1) is 5.92 Å². The van der Waals surface area contributed by atoms with E-state index in [4.69, 9.17) is 11.6 Å². The first kappa shape index (κ1) is 19.7. The summed E-state index contributed by atoms with van der Waals surface area (Å²) < 4.78 is 0. The van der Waals surface area contributed by atoms with Gasteiger partial charge < -0.3 is 10.6 Å². The first-order valence-electron chi connectivity index (χ1n) is 9.00. The first-order valence-corrected chi connectivity index (χ1v) is 10.3. The molecule has 2 aliphatic rings. The fourth-order valence-corrected chi connectivity index (χ4v) is 5.09. The van der Waals surface area contributed by atoms with Crippen LogP contribution in [0.4, 0.5) is 0 Å². The quantitative estimate of drug-likeness (QED) is 0.731. The van der Waals surface area contributed by atoms with Gasteiger partial charge in [0, 0.05) is 23.5 Å². The summed E-state index contributed by atoms with van der Waals surface area (Å²) in [5.74, 6) is 0.657. The van der Waals surface area contributed by atoms with Gasteiger partial charge in [-0.25, -0.2) is 0 Å². The standard InChI is InChI=1S/C20H23ClN2OS.ClH/c21-16-3-1-14(2-4-16)20(15-7-8-25-12-15)23-19(24)11-13-9-17-5-6-18(10-13)22-17;/h1-4,7-8,12-13,17-18,20,22H,5-6,9-11H2,(H,23,24);1H. The summed E-state index contributed by atoms with van der Waals surface area (Å²) in [7, 11) is 0. The lowest BCUT2D eigenvalue weighted by molar-refractivity contribution is -0.122. The number of halogens is 2. The Hall–Kier alpha value is -1.07. The Morgan fingerprint density at radius 3 is 2.46 bits per heavy atom. The number of hydrogen-bond acceptors (Lipinski definition) is 3. The van der Waals surface area contributed by atoms with Crippen LogP contribution in [0.1, 0.15) is 49.3 Å². The minimum Gasteiger partial charge on any atom is -0.345 e. The van der Waals surface area contributed by atoms with Crippen LogP contribution in [0.25, 0.3) is 0 Å². The van der Waals surface area contributed by atoms with E-state index in [0.29, 0.717) is 29.4 Å². The molecule has 3 heterocycles. The second-order valence-electron chi connectivity index (χ2n) is 7.29. The van der Waals surface area contributed by atoms with Gasteiger partial charge in [-0.2, -0.15) is 11.3 Å². The third-order valence-electron chi connectivity index (χ3n) is 5.43. The molecule has 26 heavy (non-hydrogen) atoms. The van der Waals surface area contributed by atoms with Gasteiger partial charge in [0.15, 0.2) is 0 Å². The molecule has 1 amide bonds. The van der Waals surface area contributed by atoms with Crippen molar-refractivity contribution >= 4 is 41.3 Å². The molecule has 2 bridgehead atoms. The van der Waals surface area contributed by atoms with Gasteiger partial charge in [0.25, 0.3) is 0 Å². The lowest BCUT2D eigenvalue weighted by atomic mass is 9.89. The first-order chi connectivity index (χ1) is 12.2. The van der Waals surface area contributed by atoms with Crippen LogP contribution >= 0.6 is 35.3 Å². The van der Waals surface area contributed by atoms with Crippen molar-refractivity contribution in [3.8, 4) is 0 Å². The number of benzene rings is 1. The molecule has 2 aliphatic heterocycles. The van der Waals surface area contributed by atoms with Crippen molar-refractivity contribution in [2.75, 3.05) is 0 Å². The van der Waals surface area contributed by atoms with Gasteiger partial charge in [-0.15, -0.1) is 12.4 Å². The number of carbonyl (C=O) groups excluding carboxylic acids is 1. The Balaban J connectivity index is 0.00000196. The van der Waals surface area contributed by atoms with Crippen molar-refractivity contribution in [3.05, 3.63) is 57.2 Å². The number of rotatable bonds is 5. The minimum atomic E-state index is -0.102. The Morgan fingerprint density at radius 2 is 1.85 bits per heavy atom. The van der Waals surface area contributed by atoms with E-state index in [2.05, 4.69) is 27.5 Å². The highest BCUT2D eigenvalue weighted by atomic mass is 35.5. The van der Waals surface area contributed by atoms with Gasteiger partial charge in [0.2, 0.25) is 5.91 Å². The van der Waals surface area contributed by atoms with Crippen molar-refractivity contribution in [1.29, 1.82) is 0 Å². The summed E-state index contributed by atoms with van der Waals surface area (Å²) in [5.41, 5.74) is 2.20. The van der Waals surface area contributed by atoms with Crippen LogP contribution in [-0.4, -0.2) is 18.0 Å². The van der Waals surface area contributed by atoms with E-state index in [0.717, 1.165) is 24.0 Å². The van der Waals surface area contributed by atoms with Crippen LogP contribution in [-0.2, 0) is 4.79 Å². The molecule has 0 radical (unpaired) electrons. The predicted molar refractivity (Wildman–Crippen MR) is 110 cm³/mol. The van der Waals surface area contributed by atoms with Gasteiger partial charge in [0.05, 0.1) is 6.04 Å². The largest absolute Gasteiger partial charge is 0.345 e. The van der Waals surface area contributed by atoms with Crippen LogP contribution in [0.2, 0.25) is 5.02 Å². The highest BCUT2D eigenvalue weighted by Crippen LogP contribution is 2.33. The zero-order valence-corrected chi connectivity index (χ0v) is 16.9. The Morgan fingerprint density at radius 1 is 1.15 bits per heavy atom. The average molecular weight is 411 g/mol. The maximum atomic E-state index is 12.7. The van der Waals surface area contributed by atoms with E-state index >= 15 is 0 Å². The van der Waals surface area contributed by atoms with Crippen molar-refractivity contribution in [1.82, 2.24) is 10.6 Å². The molecule has 6 heteroatoms. The molecule has 3 unspecified atom stereocenters. The number of fused-ring (bicyclic) bond motifs is 2.